The van der Waals surface area contributed by atoms with Crippen LogP contribution in [0.1, 0.15) is 32.3 Å². The number of benzene rings is 5. The van der Waals surface area contributed by atoms with Crippen molar-refractivity contribution in [2.75, 3.05) is 6.54 Å². The molecule has 7 rings (SSSR count). The summed E-state index contributed by atoms with van der Waals surface area (Å²) in [5.41, 5.74) is 8.15. The summed E-state index contributed by atoms with van der Waals surface area (Å²) in [6.45, 7) is 5.11. The molecule has 0 saturated heterocycles. The second kappa shape index (κ2) is 13.9. The van der Waals surface area contributed by atoms with Crippen molar-refractivity contribution in [1.29, 1.82) is 0 Å². The molecule has 0 fully saturated rings. The van der Waals surface area contributed by atoms with Crippen molar-refractivity contribution in [3.8, 4) is 22.3 Å². The molecule has 1 unspecified atom stereocenters. The van der Waals surface area contributed by atoms with E-state index < -0.39 is 0 Å². The van der Waals surface area contributed by atoms with Crippen molar-refractivity contribution >= 4 is 37.9 Å². The van der Waals surface area contributed by atoms with Gasteiger partial charge in [0.2, 0.25) is 0 Å². The van der Waals surface area contributed by atoms with Gasteiger partial charge in [-0.25, -0.2) is 0 Å². The van der Waals surface area contributed by atoms with Crippen LogP contribution in [-0.4, -0.2) is 12.6 Å². The largest absolute Gasteiger partial charge is 0.310 e. The van der Waals surface area contributed by atoms with Gasteiger partial charge in [-0.05, 0) is 111 Å². The molecule has 1 heteroatoms. The minimum atomic E-state index is 0.448. The number of hydrogen-bond acceptors (Lipinski definition) is 1. The Kier molecular flexibility index (Phi) is 8.96. The minimum Gasteiger partial charge on any atom is -0.310 e. The molecule has 1 atom stereocenters. The maximum Gasteiger partial charge on any atom is 0.0324 e. The SMILES string of the molecule is C\C=C/C=C(C)/C=C/C(=C\CC1CC=CCN1)c1c#ccc(-c2cccc(-c3ccc4c5ccccc5c5ccccc5c4c3)c2)c1. The van der Waals surface area contributed by atoms with E-state index in [9.17, 15) is 0 Å². The lowest BCUT2D eigenvalue weighted by atomic mass is 9.91. The zero-order chi connectivity index (χ0) is 32.0. The fourth-order valence-electron chi connectivity index (χ4n) is 6.62. The highest BCUT2D eigenvalue weighted by Gasteiger charge is 2.11. The monoisotopic (exact) mass is 605 g/mol. The molecular weight excluding hydrogens is 567 g/mol. The maximum absolute atomic E-state index is 3.61. The summed E-state index contributed by atoms with van der Waals surface area (Å²) in [5.74, 6) is 0. The van der Waals surface area contributed by atoms with Crippen LogP contribution in [0.15, 0.2) is 157 Å². The van der Waals surface area contributed by atoms with Gasteiger partial charge in [0, 0.05) is 18.2 Å². The van der Waals surface area contributed by atoms with Crippen LogP contribution < -0.4 is 5.32 Å². The molecule has 47 heavy (non-hydrogen) atoms. The molecule has 1 aliphatic heterocycles. The van der Waals surface area contributed by atoms with E-state index >= 15 is 0 Å². The smallest absolute Gasteiger partial charge is 0.0324 e. The molecular formula is C46H39N. The van der Waals surface area contributed by atoms with Crippen LogP contribution in [-0.2, 0) is 0 Å². The Bertz CT molecular complexity index is 2190. The molecule has 0 spiro atoms. The summed E-state index contributed by atoms with van der Waals surface area (Å²) in [6.07, 6.45) is 19.5. The predicted octanol–water partition coefficient (Wildman–Crippen LogP) is 11.9. The average Bonchev–Trinajstić information content (AvgIpc) is 3.14. The first-order chi connectivity index (χ1) is 23.2. The first-order valence-electron chi connectivity index (χ1n) is 16.6. The third-order valence-electron chi connectivity index (χ3n) is 9.13. The molecule has 1 heterocycles. The van der Waals surface area contributed by atoms with E-state index in [0.717, 1.165) is 36.1 Å². The van der Waals surface area contributed by atoms with Crippen LogP contribution >= 0.6 is 0 Å². The van der Waals surface area contributed by atoms with E-state index in [0.29, 0.717) is 6.04 Å². The summed E-state index contributed by atoms with van der Waals surface area (Å²) < 4.78 is 0. The number of allylic oxidation sites excluding steroid dienone is 7. The minimum absolute atomic E-state index is 0.448. The summed E-state index contributed by atoms with van der Waals surface area (Å²) >= 11 is 0. The van der Waals surface area contributed by atoms with Gasteiger partial charge in [-0.1, -0.05) is 145 Å². The van der Waals surface area contributed by atoms with Crippen molar-refractivity contribution in [2.24, 2.45) is 0 Å². The van der Waals surface area contributed by atoms with E-state index in [2.05, 4.69) is 176 Å². The van der Waals surface area contributed by atoms with Gasteiger partial charge in [0.1, 0.15) is 0 Å². The second-order valence-corrected chi connectivity index (χ2v) is 12.3. The van der Waals surface area contributed by atoms with Gasteiger partial charge < -0.3 is 5.32 Å². The molecule has 1 N–H and O–H groups in total. The average molecular weight is 606 g/mol. The van der Waals surface area contributed by atoms with E-state index in [1.807, 2.05) is 6.92 Å². The third-order valence-corrected chi connectivity index (χ3v) is 9.13. The van der Waals surface area contributed by atoms with Crippen molar-refractivity contribution in [3.63, 3.8) is 0 Å². The van der Waals surface area contributed by atoms with E-state index in [1.165, 1.54) is 54.6 Å². The predicted molar refractivity (Wildman–Crippen MR) is 203 cm³/mol. The van der Waals surface area contributed by atoms with Crippen LogP contribution in [0, 0.1) is 12.1 Å². The van der Waals surface area contributed by atoms with Gasteiger partial charge >= 0.3 is 0 Å². The standard InChI is InChI=1S/C46H39N/c1-3-4-13-33(2)23-24-34(25-27-40-18-9-10-29-47-40)35-14-11-15-36(30-35)37-16-12-17-38(31-37)39-26-28-45-43-21-6-5-19-41(43)42-20-7-8-22-44(42)46(45)32-39/h3-10,12-13,15-17,19-26,28,30-32,40,47H,18,27,29H2,1-2H3/b4-3-,24-23+,33-13+,34-25+. The Morgan fingerprint density at radius 1 is 0.723 bits per heavy atom. The molecule has 0 aliphatic carbocycles. The van der Waals surface area contributed by atoms with Gasteiger partial charge in [0.05, 0.1) is 0 Å². The first-order valence-corrected chi connectivity index (χ1v) is 16.6. The molecule has 1 nitrogen and oxygen atoms in total. The fourth-order valence-corrected chi connectivity index (χ4v) is 6.62. The molecule has 0 aromatic heterocycles. The molecule has 0 amide bonds. The normalized spacial score (nSPS) is 15.7. The first kappa shape index (κ1) is 30.2. The Morgan fingerprint density at radius 3 is 2.11 bits per heavy atom. The Morgan fingerprint density at radius 2 is 1.40 bits per heavy atom. The van der Waals surface area contributed by atoms with Crippen molar-refractivity contribution < 1.29 is 0 Å². The van der Waals surface area contributed by atoms with Crippen molar-refractivity contribution in [3.05, 3.63) is 175 Å². The summed E-state index contributed by atoms with van der Waals surface area (Å²) in [5, 5.41) is 11.4. The van der Waals surface area contributed by atoms with Crippen LogP contribution in [0.4, 0.5) is 0 Å². The van der Waals surface area contributed by atoms with Gasteiger partial charge in [-0.15, -0.1) is 0 Å². The van der Waals surface area contributed by atoms with E-state index in [4.69, 9.17) is 0 Å². The van der Waals surface area contributed by atoms with E-state index in [1.54, 1.807) is 0 Å². The number of hydrogen-bond donors (Lipinski definition) is 1. The van der Waals surface area contributed by atoms with Gasteiger partial charge in [-0.2, -0.15) is 0 Å². The molecule has 6 aromatic rings. The van der Waals surface area contributed by atoms with E-state index in [-0.39, 0.29) is 0 Å². The van der Waals surface area contributed by atoms with Crippen molar-refractivity contribution in [1.82, 2.24) is 5.32 Å². The Labute approximate surface area is 279 Å². The highest BCUT2D eigenvalue weighted by molar-refractivity contribution is 6.25. The molecule has 228 valence electrons. The lowest BCUT2D eigenvalue weighted by Gasteiger charge is -2.18. The maximum atomic E-state index is 3.61. The molecule has 6 aromatic carbocycles. The lowest BCUT2D eigenvalue weighted by molar-refractivity contribution is 0.534. The van der Waals surface area contributed by atoms with Crippen LogP contribution in [0.5, 0.6) is 0 Å². The van der Waals surface area contributed by atoms with Crippen LogP contribution in [0.2, 0.25) is 0 Å². The third kappa shape index (κ3) is 6.61. The quantitative estimate of drug-likeness (QED) is 0.103. The van der Waals surface area contributed by atoms with Crippen LogP contribution in [0.25, 0.3) is 60.1 Å². The highest BCUT2D eigenvalue weighted by Crippen LogP contribution is 2.37. The Hall–Kier alpha value is -5.42. The number of fused-ring (bicyclic) bond motifs is 6. The van der Waals surface area contributed by atoms with Gasteiger partial charge in [0.25, 0.3) is 0 Å². The topological polar surface area (TPSA) is 12.0 Å². The van der Waals surface area contributed by atoms with Gasteiger partial charge in [-0.3, -0.25) is 0 Å². The fraction of sp³-hybridized carbons (Fsp3) is 0.130. The summed E-state index contributed by atoms with van der Waals surface area (Å²) in [7, 11) is 0. The summed E-state index contributed by atoms with van der Waals surface area (Å²) in [4.78, 5) is 0. The molecule has 0 bridgehead atoms. The van der Waals surface area contributed by atoms with Crippen molar-refractivity contribution in [2.45, 2.75) is 32.7 Å². The zero-order valence-electron chi connectivity index (χ0n) is 27.1. The van der Waals surface area contributed by atoms with Crippen LogP contribution in [0.3, 0.4) is 0 Å². The number of rotatable bonds is 8. The molecule has 0 radical (unpaired) electrons. The lowest BCUT2D eigenvalue weighted by Crippen LogP contribution is -2.30. The Balaban J connectivity index is 1.25. The zero-order valence-corrected chi connectivity index (χ0v) is 27.1. The highest BCUT2D eigenvalue weighted by atomic mass is 14.9. The van der Waals surface area contributed by atoms with Gasteiger partial charge in [0.15, 0.2) is 0 Å². The second-order valence-electron chi connectivity index (χ2n) is 12.3. The number of nitrogens with one attached hydrogen (secondary N) is 1. The molecule has 0 saturated carbocycles. The summed E-state index contributed by atoms with van der Waals surface area (Å²) in [6, 6.07) is 44.8. The molecule has 1 aliphatic rings.